The predicted molar refractivity (Wildman–Crippen MR) is 61.8 cm³/mol. The molecule has 0 aliphatic carbocycles. The molecule has 0 amide bonds. The molecule has 7 heteroatoms. The van der Waals surface area contributed by atoms with Gasteiger partial charge in [0.15, 0.2) is 0 Å². The summed E-state index contributed by atoms with van der Waals surface area (Å²) in [5.74, 6) is 0.178. The minimum atomic E-state index is -0.504. The van der Waals surface area contributed by atoms with Gasteiger partial charge < -0.3 is 5.32 Å². The normalized spacial score (nSPS) is 12.2. The van der Waals surface area contributed by atoms with Gasteiger partial charge in [-0.05, 0) is 31.9 Å². The first-order valence-corrected chi connectivity index (χ1v) is 5.28. The standard InChI is InChI=1S/C9H13ClN4O2/c1-4-5(2)11-8-7(14(15)16)6(3)12-9(10)13-8/h5H,4H2,1-3H3,(H,11,12,13)/t5-/m1/s1. The van der Waals surface area contributed by atoms with E-state index in [0.717, 1.165) is 6.42 Å². The average Bonchev–Trinajstić information content (AvgIpc) is 2.15. The molecule has 0 spiro atoms. The van der Waals surface area contributed by atoms with Gasteiger partial charge in [-0.3, -0.25) is 10.1 Å². The van der Waals surface area contributed by atoms with Crippen molar-refractivity contribution in [3.05, 3.63) is 21.1 Å². The summed E-state index contributed by atoms with van der Waals surface area (Å²) in [6.45, 7) is 5.42. The lowest BCUT2D eigenvalue weighted by atomic mass is 10.2. The predicted octanol–water partition coefficient (Wildman–Crippen LogP) is 2.56. The molecule has 1 rings (SSSR count). The van der Waals surface area contributed by atoms with Crippen molar-refractivity contribution < 1.29 is 4.92 Å². The van der Waals surface area contributed by atoms with Gasteiger partial charge in [0.2, 0.25) is 11.1 Å². The van der Waals surface area contributed by atoms with Crippen molar-refractivity contribution in [2.24, 2.45) is 0 Å². The zero-order chi connectivity index (χ0) is 12.3. The van der Waals surface area contributed by atoms with Crippen LogP contribution in [0.1, 0.15) is 26.0 Å². The second-order valence-electron chi connectivity index (χ2n) is 3.49. The van der Waals surface area contributed by atoms with Crippen LogP contribution in [0.5, 0.6) is 0 Å². The summed E-state index contributed by atoms with van der Waals surface area (Å²) in [6.07, 6.45) is 0.831. The van der Waals surface area contributed by atoms with E-state index in [1.54, 1.807) is 0 Å². The molecule has 0 aromatic carbocycles. The molecular formula is C9H13ClN4O2. The highest BCUT2D eigenvalue weighted by molar-refractivity contribution is 6.28. The molecule has 1 aromatic rings. The van der Waals surface area contributed by atoms with Crippen LogP contribution < -0.4 is 5.32 Å². The van der Waals surface area contributed by atoms with Crippen molar-refractivity contribution in [3.63, 3.8) is 0 Å². The van der Waals surface area contributed by atoms with E-state index in [0.29, 0.717) is 0 Å². The number of hydrogen-bond acceptors (Lipinski definition) is 5. The number of aryl methyl sites for hydroxylation is 1. The van der Waals surface area contributed by atoms with Crippen molar-refractivity contribution in [1.29, 1.82) is 0 Å². The van der Waals surface area contributed by atoms with Crippen LogP contribution in [0.4, 0.5) is 11.5 Å². The van der Waals surface area contributed by atoms with E-state index in [1.165, 1.54) is 6.92 Å². The Labute approximate surface area is 98.2 Å². The third kappa shape index (κ3) is 2.79. The molecule has 6 nitrogen and oxygen atoms in total. The van der Waals surface area contributed by atoms with E-state index < -0.39 is 4.92 Å². The molecule has 0 saturated heterocycles. The first-order valence-electron chi connectivity index (χ1n) is 4.90. The highest BCUT2D eigenvalue weighted by Gasteiger charge is 2.22. The van der Waals surface area contributed by atoms with Gasteiger partial charge in [0.25, 0.3) is 0 Å². The molecule has 16 heavy (non-hydrogen) atoms. The van der Waals surface area contributed by atoms with Gasteiger partial charge in [-0.25, -0.2) is 4.98 Å². The lowest BCUT2D eigenvalue weighted by molar-refractivity contribution is -0.385. The van der Waals surface area contributed by atoms with Crippen LogP contribution in [-0.2, 0) is 0 Å². The molecule has 1 aromatic heterocycles. The topological polar surface area (TPSA) is 81.0 Å². The smallest absolute Gasteiger partial charge is 0.332 e. The Morgan fingerprint density at radius 2 is 2.19 bits per heavy atom. The molecule has 0 radical (unpaired) electrons. The summed E-state index contributed by atoms with van der Waals surface area (Å²) < 4.78 is 0. The minimum Gasteiger partial charge on any atom is -0.362 e. The van der Waals surface area contributed by atoms with Crippen molar-refractivity contribution >= 4 is 23.1 Å². The van der Waals surface area contributed by atoms with Crippen LogP contribution >= 0.6 is 11.6 Å². The molecule has 0 aliphatic rings. The van der Waals surface area contributed by atoms with Crippen LogP contribution in [0.15, 0.2) is 0 Å². The van der Waals surface area contributed by atoms with Crippen LogP contribution in [0.25, 0.3) is 0 Å². The molecule has 0 aliphatic heterocycles. The zero-order valence-corrected chi connectivity index (χ0v) is 10.1. The van der Waals surface area contributed by atoms with Crippen molar-refractivity contribution in [2.75, 3.05) is 5.32 Å². The average molecular weight is 245 g/mol. The third-order valence-corrected chi connectivity index (χ3v) is 2.38. The highest BCUT2D eigenvalue weighted by atomic mass is 35.5. The Kier molecular flexibility index (Phi) is 4.00. The Morgan fingerprint density at radius 1 is 1.56 bits per heavy atom. The zero-order valence-electron chi connectivity index (χ0n) is 9.32. The molecule has 0 saturated carbocycles. The van der Waals surface area contributed by atoms with Gasteiger partial charge in [0.05, 0.1) is 4.92 Å². The second-order valence-corrected chi connectivity index (χ2v) is 3.82. The Hall–Kier alpha value is -1.43. The summed E-state index contributed by atoms with van der Waals surface area (Å²) in [6, 6.07) is 0.0871. The summed E-state index contributed by atoms with van der Waals surface area (Å²) in [7, 11) is 0. The lowest BCUT2D eigenvalue weighted by Gasteiger charge is -2.12. The van der Waals surface area contributed by atoms with E-state index in [2.05, 4.69) is 15.3 Å². The van der Waals surface area contributed by atoms with E-state index in [9.17, 15) is 10.1 Å². The number of rotatable bonds is 4. The molecule has 1 N–H and O–H groups in total. The molecule has 0 bridgehead atoms. The molecule has 1 heterocycles. The largest absolute Gasteiger partial charge is 0.362 e. The van der Waals surface area contributed by atoms with Crippen LogP contribution in [0, 0.1) is 17.0 Å². The number of anilines is 1. The summed E-state index contributed by atoms with van der Waals surface area (Å²) >= 11 is 5.67. The lowest BCUT2D eigenvalue weighted by Crippen LogP contribution is -2.16. The number of halogens is 1. The molecule has 88 valence electrons. The number of nitrogens with one attached hydrogen (secondary N) is 1. The second kappa shape index (κ2) is 5.07. The Balaban J connectivity index is 3.19. The maximum absolute atomic E-state index is 10.9. The van der Waals surface area contributed by atoms with Crippen LogP contribution in [-0.4, -0.2) is 20.9 Å². The van der Waals surface area contributed by atoms with Gasteiger partial charge in [0, 0.05) is 6.04 Å². The maximum atomic E-state index is 10.9. The van der Waals surface area contributed by atoms with Gasteiger partial charge >= 0.3 is 5.69 Å². The Bertz CT molecular complexity index is 411. The van der Waals surface area contributed by atoms with Gasteiger partial charge in [-0.1, -0.05) is 6.92 Å². The first kappa shape index (κ1) is 12.6. The fraction of sp³-hybridized carbons (Fsp3) is 0.556. The maximum Gasteiger partial charge on any atom is 0.332 e. The van der Waals surface area contributed by atoms with Gasteiger partial charge in [-0.15, -0.1) is 0 Å². The number of aromatic nitrogens is 2. The highest BCUT2D eigenvalue weighted by Crippen LogP contribution is 2.27. The van der Waals surface area contributed by atoms with Crippen molar-refractivity contribution in [3.8, 4) is 0 Å². The van der Waals surface area contributed by atoms with E-state index >= 15 is 0 Å². The summed E-state index contributed by atoms with van der Waals surface area (Å²) in [5, 5.41) is 13.8. The minimum absolute atomic E-state index is 0.00824. The fourth-order valence-electron chi connectivity index (χ4n) is 1.19. The molecular weight excluding hydrogens is 232 g/mol. The number of hydrogen-bond donors (Lipinski definition) is 1. The Morgan fingerprint density at radius 3 is 2.69 bits per heavy atom. The van der Waals surface area contributed by atoms with E-state index in [4.69, 9.17) is 11.6 Å². The van der Waals surface area contributed by atoms with Crippen LogP contribution in [0.2, 0.25) is 5.28 Å². The molecule has 0 unspecified atom stereocenters. The fourth-order valence-corrected chi connectivity index (χ4v) is 1.40. The summed E-state index contributed by atoms with van der Waals surface area (Å²) in [4.78, 5) is 18.0. The molecule has 0 fully saturated rings. The molecule has 1 atom stereocenters. The summed E-state index contributed by atoms with van der Waals surface area (Å²) in [5.41, 5.74) is 0.139. The van der Waals surface area contributed by atoms with Gasteiger partial charge in [-0.2, -0.15) is 4.98 Å². The SMILES string of the molecule is CC[C@@H](C)Nc1nc(Cl)nc(C)c1[N+](=O)[O-]. The van der Waals surface area contributed by atoms with Gasteiger partial charge in [0.1, 0.15) is 5.69 Å². The van der Waals surface area contributed by atoms with E-state index in [-0.39, 0.29) is 28.5 Å². The third-order valence-electron chi connectivity index (χ3n) is 2.21. The monoisotopic (exact) mass is 244 g/mol. The first-order chi connectivity index (χ1) is 7.45. The van der Waals surface area contributed by atoms with E-state index in [1.807, 2.05) is 13.8 Å². The van der Waals surface area contributed by atoms with Crippen LogP contribution in [0.3, 0.4) is 0 Å². The number of nitrogens with zero attached hydrogens (tertiary/aromatic N) is 3. The number of nitro groups is 1. The van der Waals surface area contributed by atoms with Crippen molar-refractivity contribution in [1.82, 2.24) is 9.97 Å². The quantitative estimate of drug-likeness (QED) is 0.500. The van der Waals surface area contributed by atoms with Crippen molar-refractivity contribution in [2.45, 2.75) is 33.2 Å².